The predicted octanol–water partition coefficient (Wildman–Crippen LogP) is 3.50. The Morgan fingerprint density at radius 3 is 2.72 bits per heavy atom. The Bertz CT molecular complexity index is 538. The van der Waals surface area contributed by atoms with E-state index in [1.165, 1.54) is 38.5 Å². The first-order chi connectivity index (χ1) is 11.6. The number of unbranched alkanes of at least 4 members (excludes halogenated alkanes) is 2. The van der Waals surface area contributed by atoms with Gasteiger partial charge in [0.05, 0.1) is 6.54 Å². The number of halogens is 1. The van der Waals surface area contributed by atoms with Crippen molar-refractivity contribution in [3.05, 3.63) is 11.6 Å². The predicted molar refractivity (Wildman–Crippen MR) is 114 cm³/mol. The molecule has 0 fully saturated rings. The van der Waals surface area contributed by atoms with Crippen molar-refractivity contribution in [3.63, 3.8) is 0 Å². The van der Waals surface area contributed by atoms with E-state index in [4.69, 9.17) is 0 Å². The van der Waals surface area contributed by atoms with Crippen LogP contribution >= 0.6 is 24.0 Å². The molecular formula is C18H35IN6. The summed E-state index contributed by atoms with van der Waals surface area (Å²) in [6.07, 6.45) is 8.61. The van der Waals surface area contributed by atoms with E-state index >= 15 is 0 Å². The molecule has 0 aliphatic carbocycles. The molecule has 2 rings (SSSR count). The quantitative estimate of drug-likeness (QED) is 0.269. The van der Waals surface area contributed by atoms with Crippen LogP contribution in [0.2, 0.25) is 0 Å². The lowest BCUT2D eigenvalue weighted by Gasteiger charge is -2.26. The van der Waals surface area contributed by atoms with Gasteiger partial charge in [-0.05, 0) is 24.7 Å². The van der Waals surface area contributed by atoms with Crippen LogP contribution in [0.25, 0.3) is 0 Å². The van der Waals surface area contributed by atoms with Gasteiger partial charge in [-0.1, -0.05) is 40.0 Å². The minimum absolute atomic E-state index is 0. The van der Waals surface area contributed by atoms with Gasteiger partial charge < -0.3 is 15.2 Å². The Morgan fingerprint density at radius 1 is 1.20 bits per heavy atom. The zero-order chi connectivity index (χ0) is 17.4. The largest absolute Gasteiger partial charge is 0.356 e. The first-order valence-electron chi connectivity index (χ1n) is 9.41. The minimum atomic E-state index is 0. The number of nitrogens with one attached hydrogen (secondary N) is 2. The third-order valence-corrected chi connectivity index (χ3v) is 4.77. The normalized spacial score (nSPS) is 14.6. The maximum absolute atomic E-state index is 4.34. The number of aryl methyl sites for hydroxylation is 1. The van der Waals surface area contributed by atoms with Gasteiger partial charge in [0.1, 0.15) is 5.82 Å². The Morgan fingerprint density at radius 2 is 2.00 bits per heavy atom. The van der Waals surface area contributed by atoms with Crippen molar-refractivity contribution >= 4 is 29.9 Å². The van der Waals surface area contributed by atoms with Crippen LogP contribution in [-0.4, -0.2) is 34.3 Å². The first-order valence-corrected chi connectivity index (χ1v) is 9.41. The second kappa shape index (κ2) is 11.0. The van der Waals surface area contributed by atoms with Crippen LogP contribution in [0.1, 0.15) is 70.9 Å². The summed E-state index contributed by atoms with van der Waals surface area (Å²) >= 11 is 0. The molecule has 0 bridgehead atoms. The van der Waals surface area contributed by atoms with Gasteiger partial charge in [0.25, 0.3) is 0 Å². The van der Waals surface area contributed by atoms with E-state index in [0.717, 1.165) is 37.1 Å². The third-order valence-electron chi connectivity index (χ3n) is 4.77. The molecule has 2 N–H and O–H groups in total. The molecule has 0 amide bonds. The highest BCUT2D eigenvalue weighted by molar-refractivity contribution is 14.0. The second-order valence-corrected chi connectivity index (χ2v) is 7.54. The molecule has 0 unspecified atom stereocenters. The van der Waals surface area contributed by atoms with Crippen molar-refractivity contribution in [2.24, 2.45) is 10.4 Å². The summed E-state index contributed by atoms with van der Waals surface area (Å²) in [6, 6.07) is 0. The van der Waals surface area contributed by atoms with Gasteiger partial charge in [0.15, 0.2) is 11.8 Å². The summed E-state index contributed by atoms with van der Waals surface area (Å²) in [5, 5.41) is 15.5. The molecule has 2 heterocycles. The van der Waals surface area contributed by atoms with Gasteiger partial charge in [-0.15, -0.1) is 34.2 Å². The molecule has 0 aromatic carbocycles. The molecule has 0 radical (unpaired) electrons. The van der Waals surface area contributed by atoms with E-state index in [0.29, 0.717) is 6.54 Å². The van der Waals surface area contributed by atoms with Gasteiger partial charge in [0, 0.05) is 26.6 Å². The van der Waals surface area contributed by atoms with Gasteiger partial charge >= 0.3 is 0 Å². The highest BCUT2D eigenvalue weighted by Crippen LogP contribution is 2.22. The number of hydrogen-bond donors (Lipinski definition) is 2. The number of hydrogen-bond acceptors (Lipinski definition) is 3. The van der Waals surface area contributed by atoms with Gasteiger partial charge in [-0.2, -0.15) is 0 Å². The van der Waals surface area contributed by atoms with Gasteiger partial charge in [0.2, 0.25) is 0 Å². The zero-order valence-electron chi connectivity index (χ0n) is 16.3. The van der Waals surface area contributed by atoms with E-state index in [2.05, 4.69) is 51.2 Å². The van der Waals surface area contributed by atoms with Crippen LogP contribution in [0.3, 0.4) is 0 Å². The van der Waals surface area contributed by atoms with Crippen molar-refractivity contribution in [2.75, 3.05) is 13.6 Å². The van der Waals surface area contributed by atoms with Crippen LogP contribution in [-0.2, 0) is 19.5 Å². The topological polar surface area (TPSA) is 67.1 Å². The SMILES string of the molecule is CCCCCC(C)(C)CNC(=NC)NCc1nnc2n1CCCC2.I. The standard InChI is InChI=1S/C18H34N6.HI/c1-5-6-8-11-18(2,3)14-21-17(19-4)20-13-16-23-22-15-10-7-9-12-24(15)16;/h5-14H2,1-4H3,(H2,19,20,21);1H. The molecule has 1 aliphatic rings. The number of aromatic nitrogens is 3. The Hall–Kier alpha value is -0.860. The number of aliphatic imine (C=N–C) groups is 1. The highest BCUT2D eigenvalue weighted by Gasteiger charge is 2.18. The van der Waals surface area contributed by atoms with E-state index in [1.807, 2.05) is 7.05 Å². The Balaban J connectivity index is 0.00000312. The summed E-state index contributed by atoms with van der Waals surface area (Å²) in [5.41, 5.74) is 0.279. The van der Waals surface area contributed by atoms with Gasteiger partial charge in [-0.3, -0.25) is 4.99 Å². The maximum atomic E-state index is 4.34. The lowest BCUT2D eigenvalue weighted by molar-refractivity contribution is 0.318. The van der Waals surface area contributed by atoms with Crippen LogP contribution in [0.5, 0.6) is 0 Å². The van der Waals surface area contributed by atoms with E-state index in [9.17, 15) is 0 Å². The van der Waals surface area contributed by atoms with Crippen molar-refractivity contribution in [1.29, 1.82) is 0 Å². The molecule has 1 aromatic rings. The fraction of sp³-hybridized carbons (Fsp3) is 0.833. The molecule has 25 heavy (non-hydrogen) atoms. The molecule has 6 nitrogen and oxygen atoms in total. The fourth-order valence-corrected chi connectivity index (χ4v) is 3.15. The molecule has 0 saturated carbocycles. The van der Waals surface area contributed by atoms with E-state index in [1.54, 1.807) is 0 Å². The summed E-state index contributed by atoms with van der Waals surface area (Å²) in [4.78, 5) is 4.34. The number of guanidine groups is 1. The maximum Gasteiger partial charge on any atom is 0.191 e. The molecule has 1 aliphatic heterocycles. The molecule has 0 saturated heterocycles. The van der Waals surface area contributed by atoms with Gasteiger partial charge in [-0.25, -0.2) is 0 Å². The lowest BCUT2D eigenvalue weighted by Crippen LogP contribution is -2.42. The average molecular weight is 462 g/mol. The smallest absolute Gasteiger partial charge is 0.191 e. The highest BCUT2D eigenvalue weighted by atomic mass is 127. The minimum Gasteiger partial charge on any atom is -0.356 e. The number of nitrogens with zero attached hydrogens (tertiary/aromatic N) is 4. The fourth-order valence-electron chi connectivity index (χ4n) is 3.15. The van der Waals surface area contributed by atoms with Crippen molar-refractivity contribution in [1.82, 2.24) is 25.4 Å². The molecule has 144 valence electrons. The molecular weight excluding hydrogens is 427 g/mol. The van der Waals surface area contributed by atoms with Crippen molar-refractivity contribution in [3.8, 4) is 0 Å². The lowest BCUT2D eigenvalue weighted by atomic mass is 9.87. The van der Waals surface area contributed by atoms with Crippen LogP contribution < -0.4 is 10.6 Å². The average Bonchev–Trinajstić information content (AvgIpc) is 2.98. The number of rotatable bonds is 8. The van der Waals surface area contributed by atoms with Crippen LogP contribution in [0.4, 0.5) is 0 Å². The molecule has 1 aromatic heterocycles. The van der Waals surface area contributed by atoms with E-state index < -0.39 is 0 Å². The summed E-state index contributed by atoms with van der Waals surface area (Å²) in [6.45, 7) is 9.52. The monoisotopic (exact) mass is 462 g/mol. The first kappa shape index (κ1) is 22.2. The van der Waals surface area contributed by atoms with Crippen molar-refractivity contribution in [2.45, 2.75) is 78.8 Å². The summed E-state index contributed by atoms with van der Waals surface area (Å²) in [7, 11) is 1.82. The second-order valence-electron chi connectivity index (χ2n) is 7.54. The molecule has 0 spiro atoms. The Kier molecular flexibility index (Phi) is 9.74. The van der Waals surface area contributed by atoms with Crippen LogP contribution in [0.15, 0.2) is 4.99 Å². The Labute approximate surface area is 169 Å². The number of fused-ring (bicyclic) bond motifs is 1. The third kappa shape index (κ3) is 7.11. The summed E-state index contributed by atoms with van der Waals surface area (Å²) in [5.74, 6) is 2.97. The van der Waals surface area contributed by atoms with Crippen molar-refractivity contribution < 1.29 is 0 Å². The van der Waals surface area contributed by atoms with Crippen LogP contribution in [0, 0.1) is 5.41 Å². The molecule has 7 heteroatoms. The summed E-state index contributed by atoms with van der Waals surface area (Å²) < 4.78 is 2.25. The molecule has 0 atom stereocenters. The zero-order valence-corrected chi connectivity index (χ0v) is 18.6. The van der Waals surface area contributed by atoms with E-state index in [-0.39, 0.29) is 29.4 Å².